The van der Waals surface area contributed by atoms with Gasteiger partial charge in [0.1, 0.15) is 0 Å². The summed E-state index contributed by atoms with van der Waals surface area (Å²) >= 11 is 5.88. The Bertz CT molecular complexity index is 826. The van der Waals surface area contributed by atoms with Crippen LogP contribution in [0, 0.1) is 6.92 Å². The Morgan fingerprint density at radius 3 is 2.61 bits per heavy atom. The van der Waals surface area contributed by atoms with Gasteiger partial charge in [-0.1, -0.05) is 47.5 Å². The van der Waals surface area contributed by atoms with Gasteiger partial charge in [-0.15, -0.1) is 0 Å². The largest absolute Gasteiger partial charge is 0.324 e. The van der Waals surface area contributed by atoms with Gasteiger partial charge in [-0.25, -0.2) is 9.97 Å². The van der Waals surface area contributed by atoms with E-state index in [2.05, 4.69) is 40.4 Å². The number of rotatable bonds is 4. The summed E-state index contributed by atoms with van der Waals surface area (Å²) in [6.07, 6.45) is 5.76. The van der Waals surface area contributed by atoms with E-state index in [1.807, 2.05) is 48.6 Å². The molecular formula is C19H16ClN3. The van der Waals surface area contributed by atoms with Gasteiger partial charge in [0.25, 0.3) is 0 Å². The lowest BCUT2D eigenvalue weighted by Crippen LogP contribution is -1.97. The van der Waals surface area contributed by atoms with Crippen LogP contribution in [0.5, 0.6) is 0 Å². The molecule has 0 aliphatic heterocycles. The first-order chi connectivity index (χ1) is 11.2. The summed E-state index contributed by atoms with van der Waals surface area (Å²) in [4.78, 5) is 8.72. The normalized spacial score (nSPS) is 10.9. The highest BCUT2D eigenvalue weighted by Gasteiger charge is 1.99. The molecule has 0 aliphatic rings. The van der Waals surface area contributed by atoms with Crippen molar-refractivity contribution < 1.29 is 0 Å². The fraction of sp³-hybridized carbons (Fsp3) is 0.0526. The average molecular weight is 322 g/mol. The van der Waals surface area contributed by atoms with E-state index < -0.39 is 0 Å². The third-order valence-corrected chi connectivity index (χ3v) is 3.52. The van der Waals surface area contributed by atoms with Crippen molar-refractivity contribution in [1.29, 1.82) is 0 Å². The highest BCUT2D eigenvalue weighted by atomic mass is 35.5. The fourth-order valence-electron chi connectivity index (χ4n) is 2.14. The Balaban J connectivity index is 1.75. The molecule has 0 saturated heterocycles. The molecule has 2 aromatic carbocycles. The first-order valence-electron chi connectivity index (χ1n) is 7.29. The molecule has 0 fully saturated rings. The van der Waals surface area contributed by atoms with Crippen molar-refractivity contribution in [3.63, 3.8) is 0 Å². The summed E-state index contributed by atoms with van der Waals surface area (Å²) in [7, 11) is 0. The van der Waals surface area contributed by atoms with Crippen LogP contribution >= 0.6 is 11.6 Å². The second kappa shape index (κ2) is 7.07. The van der Waals surface area contributed by atoms with Crippen LogP contribution in [-0.2, 0) is 0 Å². The average Bonchev–Trinajstić information content (AvgIpc) is 2.56. The standard InChI is InChI=1S/C19H16ClN3/c1-14-3-2-4-15(13-14)5-8-18-11-12-21-19(23-18)22-17-9-6-16(20)7-10-17/h2-13H,1H3,(H,21,22,23)/b8-5+. The van der Waals surface area contributed by atoms with Gasteiger partial charge in [-0.3, -0.25) is 0 Å². The zero-order chi connectivity index (χ0) is 16.1. The zero-order valence-corrected chi connectivity index (χ0v) is 13.5. The van der Waals surface area contributed by atoms with Gasteiger partial charge < -0.3 is 5.32 Å². The van der Waals surface area contributed by atoms with Gasteiger partial charge in [0.15, 0.2) is 0 Å². The quantitative estimate of drug-likeness (QED) is 0.703. The fourth-order valence-corrected chi connectivity index (χ4v) is 2.27. The predicted molar refractivity (Wildman–Crippen MR) is 96.9 cm³/mol. The SMILES string of the molecule is Cc1cccc(/C=C/c2ccnc(Nc3ccc(Cl)cc3)n2)c1. The molecule has 0 atom stereocenters. The second-order valence-electron chi connectivity index (χ2n) is 5.18. The van der Waals surface area contributed by atoms with Crippen molar-refractivity contribution in [2.24, 2.45) is 0 Å². The molecule has 0 bridgehead atoms. The molecule has 3 rings (SSSR count). The van der Waals surface area contributed by atoms with E-state index in [1.54, 1.807) is 6.20 Å². The number of nitrogens with zero attached hydrogens (tertiary/aromatic N) is 2. The third-order valence-electron chi connectivity index (χ3n) is 3.27. The maximum absolute atomic E-state index is 5.88. The monoisotopic (exact) mass is 321 g/mol. The summed E-state index contributed by atoms with van der Waals surface area (Å²) in [5, 5.41) is 3.86. The van der Waals surface area contributed by atoms with E-state index in [4.69, 9.17) is 11.6 Å². The second-order valence-corrected chi connectivity index (χ2v) is 5.62. The first kappa shape index (κ1) is 15.3. The summed E-state index contributed by atoms with van der Waals surface area (Å²) in [5.41, 5.74) is 4.13. The molecule has 23 heavy (non-hydrogen) atoms. The molecule has 0 amide bonds. The highest BCUT2D eigenvalue weighted by molar-refractivity contribution is 6.30. The van der Waals surface area contributed by atoms with Crippen LogP contribution in [0.4, 0.5) is 11.6 Å². The van der Waals surface area contributed by atoms with Crippen molar-refractivity contribution in [1.82, 2.24) is 9.97 Å². The summed E-state index contributed by atoms with van der Waals surface area (Å²) < 4.78 is 0. The number of hydrogen-bond acceptors (Lipinski definition) is 3. The number of aryl methyl sites for hydroxylation is 1. The van der Waals surface area contributed by atoms with Crippen LogP contribution in [0.25, 0.3) is 12.2 Å². The Hall–Kier alpha value is -2.65. The smallest absolute Gasteiger partial charge is 0.227 e. The molecule has 4 heteroatoms. The Labute approximate surface area is 140 Å². The van der Waals surface area contributed by atoms with Crippen LogP contribution in [-0.4, -0.2) is 9.97 Å². The van der Waals surface area contributed by atoms with Crippen LogP contribution in [0.1, 0.15) is 16.8 Å². The van der Waals surface area contributed by atoms with E-state index >= 15 is 0 Å². The van der Waals surface area contributed by atoms with Crippen LogP contribution in [0.15, 0.2) is 60.8 Å². The van der Waals surface area contributed by atoms with E-state index in [9.17, 15) is 0 Å². The Morgan fingerprint density at radius 1 is 1.00 bits per heavy atom. The van der Waals surface area contributed by atoms with Crippen molar-refractivity contribution in [2.45, 2.75) is 6.92 Å². The highest BCUT2D eigenvalue weighted by Crippen LogP contribution is 2.17. The van der Waals surface area contributed by atoms with Gasteiger partial charge in [0.2, 0.25) is 5.95 Å². The number of halogens is 1. The molecule has 1 heterocycles. The van der Waals surface area contributed by atoms with Gasteiger partial charge in [0.05, 0.1) is 5.69 Å². The van der Waals surface area contributed by atoms with Crippen molar-refractivity contribution in [3.8, 4) is 0 Å². The predicted octanol–water partition coefficient (Wildman–Crippen LogP) is 5.35. The summed E-state index contributed by atoms with van der Waals surface area (Å²) in [5.74, 6) is 0.554. The number of nitrogens with one attached hydrogen (secondary N) is 1. The van der Waals surface area contributed by atoms with Gasteiger partial charge >= 0.3 is 0 Å². The molecule has 114 valence electrons. The molecule has 3 aromatic rings. The van der Waals surface area contributed by atoms with Crippen molar-refractivity contribution in [2.75, 3.05) is 5.32 Å². The van der Waals surface area contributed by atoms with E-state index in [1.165, 1.54) is 5.56 Å². The van der Waals surface area contributed by atoms with E-state index in [0.29, 0.717) is 11.0 Å². The molecule has 0 aliphatic carbocycles. The minimum atomic E-state index is 0.554. The lowest BCUT2D eigenvalue weighted by molar-refractivity contribution is 1.15. The number of aromatic nitrogens is 2. The molecule has 1 N–H and O–H groups in total. The van der Waals surface area contributed by atoms with Crippen LogP contribution in [0.3, 0.4) is 0 Å². The molecule has 1 aromatic heterocycles. The lowest BCUT2D eigenvalue weighted by atomic mass is 10.1. The summed E-state index contributed by atoms with van der Waals surface area (Å²) in [6.45, 7) is 2.08. The molecule has 0 radical (unpaired) electrons. The Morgan fingerprint density at radius 2 is 1.83 bits per heavy atom. The van der Waals surface area contributed by atoms with Crippen molar-refractivity contribution in [3.05, 3.63) is 82.6 Å². The van der Waals surface area contributed by atoms with Gasteiger partial charge in [-0.2, -0.15) is 0 Å². The zero-order valence-electron chi connectivity index (χ0n) is 12.7. The molecule has 0 saturated carbocycles. The van der Waals surface area contributed by atoms with Gasteiger partial charge in [0, 0.05) is 16.9 Å². The van der Waals surface area contributed by atoms with E-state index in [0.717, 1.165) is 16.9 Å². The maximum Gasteiger partial charge on any atom is 0.227 e. The first-order valence-corrected chi connectivity index (χ1v) is 7.67. The van der Waals surface area contributed by atoms with Crippen molar-refractivity contribution >= 4 is 35.4 Å². The topological polar surface area (TPSA) is 37.8 Å². The number of benzene rings is 2. The molecule has 3 nitrogen and oxygen atoms in total. The minimum Gasteiger partial charge on any atom is -0.324 e. The minimum absolute atomic E-state index is 0.554. The molecule has 0 spiro atoms. The number of hydrogen-bond donors (Lipinski definition) is 1. The lowest BCUT2D eigenvalue weighted by Gasteiger charge is -2.05. The van der Waals surface area contributed by atoms with Crippen LogP contribution in [0.2, 0.25) is 5.02 Å². The Kier molecular flexibility index (Phi) is 4.69. The summed E-state index contributed by atoms with van der Waals surface area (Å²) in [6, 6.07) is 17.6. The van der Waals surface area contributed by atoms with Crippen LogP contribution < -0.4 is 5.32 Å². The molecule has 0 unspecified atom stereocenters. The third kappa shape index (κ3) is 4.41. The van der Waals surface area contributed by atoms with Gasteiger partial charge in [-0.05, 0) is 48.9 Å². The maximum atomic E-state index is 5.88. The van der Waals surface area contributed by atoms with E-state index in [-0.39, 0.29) is 0 Å². The number of anilines is 2. The molecular weight excluding hydrogens is 306 g/mol.